The first-order valence-electron chi connectivity index (χ1n) is 11.4. The average Bonchev–Trinajstić information content (AvgIpc) is 3.53. The number of carbonyl (C=O) groups excluding carboxylic acids is 2. The van der Waals surface area contributed by atoms with Gasteiger partial charge in [0, 0.05) is 24.4 Å². The van der Waals surface area contributed by atoms with Crippen LogP contribution in [0.4, 0.5) is 5.69 Å². The minimum atomic E-state index is -1.17. The molecule has 1 fully saturated rings. The van der Waals surface area contributed by atoms with Crippen LogP contribution in [0.2, 0.25) is 0 Å². The number of ether oxygens (including phenoxy) is 3. The molecule has 1 saturated heterocycles. The van der Waals surface area contributed by atoms with Crippen molar-refractivity contribution in [3.8, 4) is 0 Å². The van der Waals surface area contributed by atoms with Crippen molar-refractivity contribution in [1.82, 2.24) is 0 Å². The van der Waals surface area contributed by atoms with Crippen molar-refractivity contribution < 1.29 is 28.2 Å². The summed E-state index contributed by atoms with van der Waals surface area (Å²) in [6.45, 7) is 0.268. The molecule has 5 rings (SSSR count). The molecule has 2 aliphatic rings. The van der Waals surface area contributed by atoms with Gasteiger partial charge < -0.3 is 23.5 Å². The Kier molecular flexibility index (Phi) is 5.94. The SMILES string of the molecule is COCc1cc2c(o1)[C@H]1N(c3ccccc3)[C@H](c3ccccc3)C[C@]1(C(=O)OC)/C2=C/C(=O)OC. The molecular formula is C28H27NO6. The lowest BCUT2D eigenvalue weighted by Gasteiger charge is -2.33. The van der Waals surface area contributed by atoms with Crippen molar-refractivity contribution in [2.24, 2.45) is 5.41 Å². The molecule has 0 amide bonds. The lowest BCUT2D eigenvalue weighted by atomic mass is 9.75. The van der Waals surface area contributed by atoms with Crippen molar-refractivity contribution in [1.29, 1.82) is 0 Å². The third-order valence-corrected chi connectivity index (χ3v) is 6.97. The van der Waals surface area contributed by atoms with Gasteiger partial charge in [0.25, 0.3) is 0 Å². The summed E-state index contributed by atoms with van der Waals surface area (Å²) >= 11 is 0. The summed E-state index contributed by atoms with van der Waals surface area (Å²) in [6.07, 6.45) is 1.80. The van der Waals surface area contributed by atoms with Gasteiger partial charge in [-0.25, -0.2) is 4.79 Å². The Hall–Kier alpha value is -3.84. The third kappa shape index (κ3) is 3.54. The normalized spacial score (nSPS) is 23.7. The highest BCUT2D eigenvalue weighted by atomic mass is 16.5. The Labute approximate surface area is 203 Å². The summed E-state index contributed by atoms with van der Waals surface area (Å²) in [4.78, 5) is 28.5. The molecule has 7 heteroatoms. The number of fused-ring (bicyclic) bond motifs is 3. The van der Waals surface area contributed by atoms with Crippen molar-refractivity contribution in [2.45, 2.75) is 25.1 Å². The van der Waals surface area contributed by atoms with Crippen LogP contribution < -0.4 is 4.90 Å². The Bertz CT molecular complexity index is 1270. The predicted octanol–water partition coefficient (Wildman–Crippen LogP) is 4.85. The first kappa shape index (κ1) is 22.9. The molecule has 0 spiro atoms. The highest BCUT2D eigenvalue weighted by molar-refractivity contribution is 6.05. The zero-order chi connectivity index (χ0) is 24.6. The summed E-state index contributed by atoms with van der Waals surface area (Å²) in [7, 11) is 4.29. The predicted molar refractivity (Wildman–Crippen MR) is 129 cm³/mol. The van der Waals surface area contributed by atoms with Crippen LogP contribution in [0.5, 0.6) is 0 Å². The molecule has 0 radical (unpaired) electrons. The highest BCUT2D eigenvalue weighted by Crippen LogP contribution is 2.68. The number of hydrogen-bond acceptors (Lipinski definition) is 7. The lowest BCUT2D eigenvalue weighted by Crippen LogP contribution is -2.36. The van der Waals surface area contributed by atoms with E-state index in [2.05, 4.69) is 17.0 Å². The minimum absolute atomic E-state index is 0.173. The van der Waals surface area contributed by atoms with Crippen LogP contribution in [0.25, 0.3) is 5.57 Å². The number of benzene rings is 2. The second-order valence-electron chi connectivity index (χ2n) is 8.74. The third-order valence-electron chi connectivity index (χ3n) is 6.97. The molecule has 0 N–H and O–H groups in total. The summed E-state index contributed by atoms with van der Waals surface area (Å²) in [5, 5.41) is 0. The maximum Gasteiger partial charge on any atom is 0.330 e. The van der Waals surface area contributed by atoms with Gasteiger partial charge in [-0.05, 0) is 35.8 Å². The second-order valence-corrected chi connectivity index (χ2v) is 8.74. The van der Waals surface area contributed by atoms with Gasteiger partial charge in [0.15, 0.2) is 0 Å². The lowest BCUT2D eigenvalue weighted by molar-refractivity contribution is -0.149. The van der Waals surface area contributed by atoms with Crippen LogP contribution in [-0.4, -0.2) is 33.3 Å². The van der Waals surface area contributed by atoms with Gasteiger partial charge in [0.05, 0.1) is 20.3 Å². The topological polar surface area (TPSA) is 78.2 Å². The molecule has 7 nitrogen and oxygen atoms in total. The van der Waals surface area contributed by atoms with Gasteiger partial charge in [-0.3, -0.25) is 4.79 Å². The fourth-order valence-electron chi connectivity index (χ4n) is 5.62. The van der Waals surface area contributed by atoms with E-state index in [1.165, 1.54) is 20.3 Å². The number of hydrogen-bond donors (Lipinski definition) is 0. The summed E-state index contributed by atoms with van der Waals surface area (Å²) < 4.78 is 22.0. The van der Waals surface area contributed by atoms with E-state index in [0.717, 1.165) is 11.3 Å². The molecular weight excluding hydrogens is 446 g/mol. The van der Waals surface area contributed by atoms with Gasteiger partial charge in [-0.2, -0.15) is 0 Å². The molecule has 3 aromatic rings. The van der Waals surface area contributed by atoms with Crippen molar-refractivity contribution >= 4 is 23.2 Å². The largest absolute Gasteiger partial charge is 0.468 e. The maximum atomic E-state index is 13.7. The number of esters is 2. The Balaban J connectivity index is 1.80. The van der Waals surface area contributed by atoms with Gasteiger partial charge in [-0.15, -0.1) is 0 Å². The molecule has 0 saturated carbocycles. The van der Waals surface area contributed by atoms with Gasteiger partial charge in [-0.1, -0.05) is 48.5 Å². The van der Waals surface area contributed by atoms with Crippen LogP contribution in [0, 0.1) is 5.41 Å². The van der Waals surface area contributed by atoms with E-state index in [9.17, 15) is 9.59 Å². The van der Waals surface area contributed by atoms with Crippen LogP contribution in [-0.2, 0) is 30.4 Å². The van der Waals surface area contributed by atoms with E-state index in [1.807, 2.05) is 54.6 Å². The zero-order valence-electron chi connectivity index (χ0n) is 19.9. The standard InChI is InChI=1S/C28H27NO6/c1-32-17-20-14-21-22(15-24(30)33-2)28(27(31)34-3)16-23(18-10-6-4-7-11-18)29(26(28)25(21)35-20)19-12-8-5-9-13-19/h4-15,23,26H,16-17H2,1-3H3/b22-15+/t23-,26+,28-/m0/s1. The van der Waals surface area contributed by atoms with Gasteiger partial charge in [0.1, 0.15) is 29.6 Å². The monoisotopic (exact) mass is 473 g/mol. The van der Waals surface area contributed by atoms with Gasteiger partial charge in [0.2, 0.25) is 0 Å². The molecule has 35 heavy (non-hydrogen) atoms. The molecule has 2 heterocycles. The Morgan fingerprint density at radius 1 is 1.03 bits per heavy atom. The number of anilines is 1. The fraction of sp³-hybridized carbons (Fsp3) is 0.286. The molecule has 3 atom stereocenters. The maximum absolute atomic E-state index is 13.7. The van der Waals surface area contributed by atoms with E-state index in [-0.39, 0.29) is 12.6 Å². The smallest absolute Gasteiger partial charge is 0.330 e. The van der Waals surface area contributed by atoms with E-state index in [0.29, 0.717) is 29.1 Å². The van der Waals surface area contributed by atoms with E-state index >= 15 is 0 Å². The van der Waals surface area contributed by atoms with E-state index in [1.54, 1.807) is 7.11 Å². The van der Waals surface area contributed by atoms with Crippen LogP contribution >= 0.6 is 0 Å². The Morgan fingerprint density at radius 3 is 2.34 bits per heavy atom. The quantitative estimate of drug-likeness (QED) is 0.374. The molecule has 0 bridgehead atoms. The second kappa shape index (κ2) is 9.07. The number of carbonyl (C=O) groups is 2. The highest BCUT2D eigenvalue weighted by Gasteiger charge is 2.66. The summed E-state index contributed by atoms with van der Waals surface area (Å²) in [5.41, 5.74) is 2.06. The number of para-hydroxylation sites is 1. The van der Waals surface area contributed by atoms with Gasteiger partial charge >= 0.3 is 11.9 Å². The van der Waals surface area contributed by atoms with Crippen molar-refractivity contribution in [3.05, 3.63) is 95.5 Å². The fourth-order valence-corrected chi connectivity index (χ4v) is 5.62. The number of furan rings is 1. The summed E-state index contributed by atoms with van der Waals surface area (Å²) in [6, 6.07) is 21.1. The summed E-state index contributed by atoms with van der Waals surface area (Å²) in [5.74, 6) is 0.262. The Morgan fingerprint density at radius 2 is 1.71 bits per heavy atom. The first-order valence-corrected chi connectivity index (χ1v) is 11.4. The van der Waals surface area contributed by atoms with Crippen molar-refractivity contribution in [2.75, 3.05) is 26.2 Å². The molecule has 1 aliphatic heterocycles. The first-order chi connectivity index (χ1) is 17.0. The van der Waals surface area contributed by atoms with E-state index in [4.69, 9.17) is 18.6 Å². The average molecular weight is 474 g/mol. The molecule has 0 unspecified atom stereocenters. The molecule has 180 valence electrons. The number of methoxy groups -OCH3 is 3. The van der Waals surface area contributed by atoms with Crippen LogP contribution in [0.15, 0.2) is 77.2 Å². The van der Waals surface area contributed by atoms with E-state index < -0.39 is 23.4 Å². The van der Waals surface area contributed by atoms with Crippen LogP contribution in [0.1, 0.15) is 41.2 Å². The van der Waals surface area contributed by atoms with Crippen LogP contribution in [0.3, 0.4) is 0 Å². The molecule has 1 aliphatic carbocycles. The zero-order valence-corrected chi connectivity index (χ0v) is 19.9. The molecule has 1 aromatic heterocycles. The molecule has 2 aromatic carbocycles. The number of nitrogens with zero attached hydrogens (tertiary/aromatic N) is 1. The minimum Gasteiger partial charge on any atom is -0.468 e. The number of rotatable bonds is 6. The van der Waals surface area contributed by atoms with Crippen molar-refractivity contribution in [3.63, 3.8) is 0 Å².